The van der Waals surface area contributed by atoms with Gasteiger partial charge in [0.1, 0.15) is 11.8 Å². The minimum absolute atomic E-state index is 0.346. The number of hydrogen-bond donors (Lipinski definition) is 0. The van der Waals surface area contributed by atoms with Gasteiger partial charge in [0.2, 0.25) is 0 Å². The van der Waals surface area contributed by atoms with E-state index in [0.717, 1.165) is 0 Å². The van der Waals surface area contributed by atoms with Crippen molar-refractivity contribution in [2.75, 3.05) is 0 Å². The molecule has 84 valence electrons. The van der Waals surface area contributed by atoms with E-state index in [1.165, 1.54) is 12.4 Å². The molecule has 0 unspecified atom stereocenters. The second kappa shape index (κ2) is 5.05. The number of aromatic nitrogens is 1. The van der Waals surface area contributed by atoms with Crippen molar-refractivity contribution in [3.8, 4) is 17.6 Å². The molecule has 5 heteroatoms. The fourth-order valence-electron chi connectivity index (χ4n) is 1.23. The number of hydrogen-bond acceptors (Lipinski definition) is 3. The van der Waals surface area contributed by atoms with Crippen LogP contribution in [0.5, 0.6) is 11.5 Å². The predicted octanol–water partition coefficient (Wildman–Crippen LogP) is 4.05. The third-order valence-corrected chi connectivity index (χ3v) is 2.57. The van der Waals surface area contributed by atoms with E-state index in [1.54, 1.807) is 24.3 Å². The van der Waals surface area contributed by atoms with Crippen molar-refractivity contribution in [2.45, 2.75) is 0 Å². The molecular formula is C12H6Cl2N2O. The molecule has 2 rings (SSSR count). The van der Waals surface area contributed by atoms with Crippen molar-refractivity contribution < 1.29 is 4.74 Å². The van der Waals surface area contributed by atoms with Gasteiger partial charge in [0, 0.05) is 17.3 Å². The quantitative estimate of drug-likeness (QED) is 0.822. The van der Waals surface area contributed by atoms with E-state index >= 15 is 0 Å². The van der Waals surface area contributed by atoms with Gasteiger partial charge in [-0.2, -0.15) is 5.26 Å². The molecule has 0 spiro atoms. The van der Waals surface area contributed by atoms with Crippen molar-refractivity contribution in [1.29, 1.82) is 5.26 Å². The summed E-state index contributed by atoms with van der Waals surface area (Å²) in [6.45, 7) is 0. The number of pyridine rings is 1. The SMILES string of the molecule is N#Cc1ccncc1Oc1cc(Cl)ccc1Cl. The number of rotatable bonds is 2. The first-order chi connectivity index (χ1) is 8.20. The molecule has 17 heavy (non-hydrogen) atoms. The first-order valence-corrected chi connectivity index (χ1v) is 5.43. The Morgan fingerprint density at radius 3 is 2.76 bits per heavy atom. The smallest absolute Gasteiger partial charge is 0.163 e. The van der Waals surface area contributed by atoms with Crippen LogP contribution in [0.1, 0.15) is 5.56 Å². The summed E-state index contributed by atoms with van der Waals surface area (Å²) in [5.74, 6) is 0.739. The molecule has 2 aromatic rings. The highest BCUT2D eigenvalue weighted by Gasteiger charge is 2.08. The molecule has 0 saturated heterocycles. The van der Waals surface area contributed by atoms with Crippen LogP contribution in [0.25, 0.3) is 0 Å². The second-order valence-electron chi connectivity index (χ2n) is 3.16. The van der Waals surface area contributed by atoms with E-state index in [-0.39, 0.29) is 0 Å². The molecule has 0 radical (unpaired) electrons. The molecule has 0 fully saturated rings. The zero-order valence-electron chi connectivity index (χ0n) is 8.52. The van der Waals surface area contributed by atoms with Crippen LogP contribution in [-0.4, -0.2) is 4.98 Å². The van der Waals surface area contributed by atoms with Gasteiger partial charge in [-0.15, -0.1) is 0 Å². The molecule has 0 amide bonds. The largest absolute Gasteiger partial charge is 0.453 e. The Labute approximate surface area is 108 Å². The summed E-state index contributed by atoms with van der Waals surface area (Å²) in [5.41, 5.74) is 0.385. The highest BCUT2D eigenvalue weighted by molar-refractivity contribution is 6.34. The van der Waals surface area contributed by atoms with Crippen LogP contribution in [0.4, 0.5) is 0 Å². The van der Waals surface area contributed by atoms with Crippen molar-refractivity contribution in [3.05, 3.63) is 52.3 Å². The molecule has 0 bridgehead atoms. The molecule has 1 aromatic carbocycles. The lowest BCUT2D eigenvalue weighted by molar-refractivity contribution is 0.479. The van der Waals surface area contributed by atoms with Gasteiger partial charge in [-0.3, -0.25) is 4.98 Å². The van der Waals surface area contributed by atoms with E-state index in [2.05, 4.69) is 4.98 Å². The van der Waals surface area contributed by atoms with E-state index in [9.17, 15) is 0 Å². The summed E-state index contributed by atoms with van der Waals surface area (Å²) in [5, 5.41) is 9.83. The van der Waals surface area contributed by atoms with Crippen LogP contribution in [0, 0.1) is 11.3 Å². The van der Waals surface area contributed by atoms with Gasteiger partial charge in [0.05, 0.1) is 16.8 Å². The standard InChI is InChI=1S/C12H6Cl2N2O/c13-9-1-2-10(14)11(5-9)17-12-7-16-4-3-8(12)6-15/h1-5,7H. The minimum Gasteiger partial charge on any atom is -0.453 e. The Bertz CT molecular complexity index is 593. The minimum atomic E-state index is 0.346. The zero-order valence-corrected chi connectivity index (χ0v) is 10.0. The van der Waals surface area contributed by atoms with Crippen molar-refractivity contribution in [2.24, 2.45) is 0 Å². The molecule has 0 atom stereocenters. The Morgan fingerprint density at radius 2 is 2.00 bits per heavy atom. The first kappa shape index (κ1) is 11.7. The van der Waals surface area contributed by atoms with E-state index in [1.807, 2.05) is 6.07 Å². The van der Waals surface area contributed by atoms with Gasteiger partial charge in [-0.05, 0) is 18.2 Å². The van der Waals surface area contributed by atoms with Crippen molar-refractivity contribution in [3.63, 3.8) is 0 Å². The summed E-state index contributed by atoms with van der Waals surface area (Å²) < 4.78 is 5.51. The molecule has 3 nitrogen and oxygen atoms in total. The normalized spacial score (nSPS) is 9.71. The molecule has 0 N–H and O–H groups in total. The third kappa shape index (κ3) is 2.68. The average Bonchev–Trinajstić information content (AvgIpc) is 2.34. The van der Waals surface area contributed by atoms with Crippen molar-refractivity contribution in [1.82, 2.24) is 4.98 Å². The Morgan fingerprint density at radius 1 is 1.18 bits per heavy atom. The Hall–Kier alpha value is -1.76. The average molecular weight is 265 g/mol. The number of nitrogens with zero attached hydrogens (tertiary/aromatic N) is 2. The molecule has 1 aromatic heterocycles. The van der Waals surface area contributed by atoms with Crippen molar-refractivity contribution >= 4 is 23.2 Å². The van der Waals surface area contributed by atoms with Crippen LogP contribution in [0.2, 0.25) is 10.0 Å². The van der Waals surface area contributed by atoms with E-state index < -0.39 is 0 Å². The molecule has 1 heterocycles. The predicted molar refractivity (Wildman–Crippen MR) is 65.5 cm³/mol. The maximum atomic E-state index is 8.90. The lowest BCUT2D eigenvalue weighted by atomic mass is 10.2. The fraction of sp³-hybridized carbons (Fsp3) is 0. The lowest BCUT2D eigenvalue weighted by Crippen LogP contribution is -1.90. The topological polar surface area (TPSA) is 45.9 Å². The van der Waals surface area contributed by atoms with Gasteiger partial charge in [-0.25, -0.2) is 0 Å². The summed E-state index contributed by atoms with van der Waals surface area (Å²) in [6, 6.07) is 8.44. The highest BCUT2D eigenvalue weighted by atomic mass is 35.5. The summed E-state index contributed by atoms with van der Waals surface area (Å²) in [6.07, 6.45) is 2.97. The maximum absolute atomic E-state index is 8.90. The van der Waals surface area contributed by atoms with Crippen LogP contribution < -0.4 is 4.74 Å². The van der Waals surface area contributed by atoms with Crippen LogP contribution in [0.15, 0.2) is 36.7 Å². The molecule has 0 aliphatic carbocycles. The van der Waals surface area contributed by atoms with E-state index in [0.29, 0.717) is 27.1 Å². The number of nitriles is 1. The molecule has 0 saturated carbocycles. The summed E-state index contributed by atoms with van der Waals surface area (Å²) in [7, 11) is 0. The molecular weight excluding hydrogens is 259 g/mol. The van der Waals surface area contributed by atoms with Gasteiger partial charge >= 0.3 is 0 Å². The van der Waals surface area contributed by atoms with Crippen LogP contribution >= 0.6 is 23.2 Å². The summed E-state index contributed by atoms with van der Waals surface area (Å²) in [4.78, 5) is 3.89. The second-order valence-corrected chi connectivity index (χ2v) is 4.00. The summed E-state index contributed by atoms with van der Waals surface area (Å²) >= 11 is 11.8. The lowest BCUT2D eigenvalue weighted by Gasteiger charge is -2.08. The number of benzene rings is 1. The Kier molecular flexibility index (Phi) is 3.48. The van der Waals surface area contributed by atoms with Crippen LogP contribution in [0.3, 0.4) is 0 Å². The fourth-order valence-corrected chi connectivity index (χ4v) is 1.55. The monoisotopic (exact) mass is 264 g/mol. The third-order valence-electron chi connectivity index (χ3n) is 2.02. The first-order valence-electron chi connectivity index (χ1n) is 4.67. The van der Waals surface area contributed by atoms with Gasteiger partial charge in [-0.1, -0.05) is 23.2 Å². The van der Waals surface area contributed by atoms with Gasteiger partial charge < -0.3 is 4.74 Å². The molecule has 0 aliphatic heterocycles. The number of halogens is 2. The van der Waals surface area contributed by atoms with Gasteiger partial charge in [0.25, 0.3) is 0 Å². The van der Waals surface area contributed by atoms with E-state index in [4.69, 9.17) is 33.2 Å². The van der Waals surface area contributed by atoms with Gasteiger partial charge in [0.15, 0.2) is 5.75 Å². The van der Waals surface area contributed by atoms with Crippen LogP contribution in [-0.2, 0) is 0 Å². The Balaban J connectivity index is 2.38. The zero-order chi connectivity index (χ0) is 12.3. The highest BCUT2D eigenvalue weighted by Crippen LogP contribution is 2.32. The number of ether oxygens (including phenoxy) is 1. The molecule has 0 aliphatic rings. The maximum Gasteiger partial charge on any atom is 0.163 e.